The zero-order valence-corrected chi connectivity index (χ0v) is 13.4. The predicted octanol–water partition coefficient (Wildman–Crippen LogP) is 3.84. The predicted molar refractivity (Wildman–Crippen MR) is 86.2 cm³/mol. The van der Waals surface area contributed by atoms with E-state index in [4.69, 9.17) is 4.98 Å². The minimum Gasteiger partial charge on any atom is -0.389 e. The molecular weight excluding hydrogens is 260 g/mol. The van der Waals surface area contributed by atoms with Crippen molar-refractivity contribution in [1.82, 2.24) is 9.55 Å². The van der Waals surface area contributed by atoms with Gasteiger partial charge in [0.2, 0.25) is 0 Å². The summed E-state index contributed by atoms with van der Waals surface area (Å²) in [7, 11) is 2.05. The van der Waals surface area contributed by atoms with E-state index in [-0.39, 0.29) is 0 Å². The molecule has 0 saturated heterocycles. The van der Waals surface area contributed by atoms with Crippen LogP contribution < -0.4 is 0 Å². The zero-order chi connectivity index (χ0) is 15.1. The molecule has 3 nitrogen and oxygen atoms in total. The van der Waals surface area contributed by atoms with Crippen LogP contribution in [0.4, 0.5) is 0 Å². The maximum Gasteiger partial charge on any atom is 0.112 e. The van der Waals surface area contributed by atoms with E-state index in [1.54, 1.807) is 0 Å². The monoisotopic (exact) mass is 286 g/mol. The molecule has 1 N–H and O–H groups in total. The normalized spacial score (nSPS) is 25.9. The summed E-state index contributed by atoms with van der Waals surface area (Å²) in [5.74, 6) is 0.999. The standard InChI is InChI=1S/C18H26N2O/c1-17(2)9-6-10-18(21,12-11-17)13-16-19-14-7-4-5-8-15(14)20(16)3/h4-5,7-8,21H,6,9-13H2,1-3H3. The number of imidazole rings is 1. The Morgan fingerprint density at radius 1 is 1.14 bits per heavy atom. The molecule has 0 aliphatic heterocycles. The fourth-order valence-electron chi connectivity index (χ4n) is 3.54. The lowest BCUT2D eigenvalue weighted by Gasteiger charge is -2.27. The Balaban J connectivity index is 1.85. The topological polar surface area (TPSA) is 38.0 Å². The Labute approximate surface area is 127 Å². The molecule has 1 aliphatic rings. The highest BCUT2D eigenvalue weighted by molar-refractivity contribution is 5.75. The highest BCUT2D eigenvalue weighted by atomic mass is 16.3. The first-order chi connectivity index (χ1) is 9.89. The minimum absolute atomic E-state index is 0.358. The van der Waals surface area contributed by atoms with E-state index < -0.39 is 5.60 Å². The number of aliphatic hydroxyl groups is 1. The molecule has 1 heterocycles. The molecule has 1 fully saturated rings. The van der Waals surface area contributed by atoms with Crippen LogP contribution in [0, 0.1) is 5.41 Å². The molecule has 21 heavy (non-hydrogen) atoms. The Kier molecular flexibility index (Phi) is 3.56. The lowest BCUT2D eigenvalue weighted by atomic mass is 9.83. The van der Waals surface area contributed by atoms with Gasteiger partial charge in [0.25, 0.3) is 0 Å². The van der Waals surface area contributed by atoms with Gasteiger partial charge in [0.15, 0.2) is 0 Å². The van der Waals surface area contributed by atoms with Crippen LogP contribution in [0.15, 0.2) is 24.3 Å². The molecule has 3 heteroatoms. The average Bonchev–Trinajstić information content (AvgIpc) is 2.66. The van der Waals surface area contributed by atoms with Crippen LogP contribution in [0.1, 0.15) is 51.8 Å². The molecule has 0 amide bonds. The van der Waals surface area contributed by atoms with E-state index in [0.717, 1.165) is 42.5 Å². The van der Waals surface area contributed by atoms with Gasteiger partial charge in [-0.2, -0.15) is 0 Å². The van der Waals surface area contributed by atoms with Crippen molar-refractivity contribution in [2.75, 3.05) is 0 Å². The molecule has 2 aromatic rings. The van der Waals surface area contributed by atoms with Crippen molar-refractivity contribution >= 4 is 11.0 Å². The van der Waals surface area contributed by atoms with Crippen molar-refractivity contribution in [2.24, 2.45) is 12.5 Å². The fraction of sp³-hybridized carbons (Fsp3) is 0.611. The van der Waals surface area contributed by atoms with Gasteiger partial charge in [-0.25, -0.2) is 4.98 Å². The largest absolute Gasteiger partial charge is 0.389 e. The van der Waals surface area contributed by atoms with Gasteiger partial charge in [-0.3, -0.25) is 0 Å². The van der Waals surface area contributed by atoms with Gasteiger partial charge < -0.3 is 9.67 Å². The average molecular weight is 286 g/mol. The molecule has 1 saturated carbocycles. The van der Waals surface area contributed by atoms with Crippen LogP contribution >= 0.6 is 0 Å². The summed E-state index contributed by atoms with van der Waals surface area (Å²) in [6.45, 7) is 4.63. The van der Waals surface area contributed by atoms with E-state index in [1.165, 1.54) is 6.42 Å². The molecule has 3 rings (SSSR count). The van der Waals surface area contributed by atoms with Gasteiger partial charge in [0.1, 0.15) is 5.82 Å². The number of fused-ring (bicyclic) bond motifs is 1. The number of rotatable bonds is 2. The summed E-state index contributed by atoms with van der Waals surface area (Å²) < 4.78 is 2.13. The van der Waals surface area contributed by atoms with Crippen molar-refractivity contribution in [2.45, 2.75) is 58.0 Å². The van der Waals surface area contributed by atoms with Crippen molar-refractivity contribution < 1.29 is 5.11 Å². The quantitative estimate of drug-likeness (QED) is 0.852. The second-order valence-corrected chi connectivity index (χ2v) is 7.49. The molecule has 0 bridgehead atoms. The van der Waals surface area contributed by atoms with Crippen molar-refractivity contribution in [1.29, 1.82) is 0 Å². The molecule has 1 atom stereocenters. The van der Waals surface area contributed by atoms with E-state index in [2.05, 4.69) is 31.5 Å². The van der Waals surface area contributed by atoms with E-state index in [1.807, 2.05) is 18.2 Å². The summed E-state index contributed by atoms with van der Waals surface area (Å²) in [5, 5.41) is 11.0. The van der Waals surface area contributed by atoms with Crippen LogP contribution in [-0.4, -0.2) is 20.3 Å². The second kappa shape index (κ2) is 5.13. The third kappa shape index (κ3) is 2.98. The Morgan fingerprint density at radius 2 is 1.90 bits per heavy atom. The first-order valence-electron chi connectivity index (χ1n) is 8.01. The molecule has 1 aromatic carbocycles. The molecule has 0 spiro atoms. The number of aryl methyl sites for hydroxylation is 1. The number of benzene rings is 1. The Bertz CT molecular complexity index is 644. The lowest BCUT2D eigenvalue weighted by molar-refractivity contribution is 0.0203. The number of para-hydroxylation sites is 2. The van der Waals surface area contributed by atoms with Gasteiger partial charge in [-0.05, 0) is 43.2 Å². The van der Waals surface area contributed by atoms with E-state index >= 15 is 0 Å². The highest BCUT2D eigenvalue weighted by Crippen LogP contribution is 2.39. The summed E-state index contributed by atoms with van der Waals surface area (Å²) in [4.78, 5) is 4.72. The maximum atomic E-state index is 11.0. The van der Waals surface area contributed by atoms with Gasteiger partial charge in [0.05, 0.1) is 16.6 Å². The molecule has 1 aliphatic carbocycles. The third-order valence-electron chi connectivity index (χ3n) is 5.13. The van der Waals surface area contributed by atoms with Crippen molar-refractivity contribution in [3.8, 4) is 0 Å². The third-order valence-corrected chi connectivity index (χ3v) is 5.13. The van der Waals surface area contributed by atoms with Gasteiger partial charge >= 0.3 is 0 Å². The molecule has 114 valence electrons. The smallest absolute Gasteiger partial charge is 0.112 e. The van der Waals surface area contributed by atoms with E-state index in [0.29, 0.717) is 11.8 Å². The molecular formula is C18H26N2O. The van der Waals surface area contributed by atoms with Crippen molar-refractivity contribution in [3.63, 3.8) is 0 Å². The zero-order valence-electron chi connectivity index (χ0n) is 13.4. The minimum atomic E-state index is -0.594. The number of aromatic nitrogens is 2. The van der Waals surface area contributed by atoms with Crippen LogP contribution in [0.2, 0.25) is 0 Å². The van der Waals surface area contributed by atoms with Gasteiger partial charge in [0, 0.05) is 13.5 Å². The summed E-state index contributed by atoms with van der Waals surface area (Å²) >= 11 is 0. The highest BCUT2D eigenvalue weighted by Gasteiger charge is 2.35. The number of hydrogen-bond acceptors (Lipinski definition) is 2. The van der Waals surface area contributed by atoms with Crippen LogP contribution in [-0.2, 0) is 13.5 Å². The maximum absolute atomic E-state index is 11.0. The van der Waals surface area contributed by atoms with Crippen LogP contribution in [0.3, 0.4) is 0 Å². The van der Waals surface area contributed by atoms with Crippen LogP contribution in [0.25, 0.3) is 11.0 Å². The molecule has 0 radical (unpaired) electrons. The fourth-order valence-corrected chi connectivity index (χ4v) is 3.54. The first kappa shape index (κ1) is 14.6. The first-order valence-corrected chi connectivity index (χ1v) is 8.01. The molecule has 1 aromatic heterocycles. The van der Waals surface area contributed by atoms with Crippen LogP contribution in [0.5, 0.6) is 0 Å². The van der Waals surface area contributed by atoms with E-state index in [9.17, 15) is 5.11 Å². The number of nitrogens with zero attached hydrogens (tertiary/aromatic N) is 2. The Hall–Kier alpha value is -1.35. The summed E-state index contributed by atoms with van der Waals surface area (Å²) in [6.07, 6.45) is 5.83. The SMILES string of the molecule is Cn1c(CC2(O)CCCC(C)(C)CC2)nc2ccccc21. The molecule has 1 unspecified atom stereocenters. The van der Waals surface area contributed by atoms with Gasteiger partial charge in [-0.1, -0.05) is 32.4 Å². The number of hydrogen-bond donors (Lipinski definition) is 1. The second-order valence-electron chi connectivity index (χ2n) is 7.49. The Morgan fingerprint density at radius 3 is 2.67 bits per heavy atom. The lowest BCUT2D eigenvalue weighted by Crippen LogP contribution is -2.32. The summed E-state index contributed by atoms with van der Waals surface area (Å²) in [5.41, 5.74) is 1.93. The van der Waals surface area contributed by atoms with Gasteiger partial charge in [-0.15, -0.1) is 0 Å². The summed E-state index contributed by atoms with van der Waals surface area (Å²) in [6, 6.07) is 8.18. The van der Waals surface area contributed by atoms with Crippen molar-refractivity contribution in [3.05, 3.63) is 30.1 Å².